The minimum atomic E-state index is -3.88. The quantitative estimate of drug-likeness (QED) is 0.702. The molecular formula is C9H19NO3S. The molecule has 2 atom stereocenters. The molecule has 0 radical (unpaired) electrons. The molecule has 5 heteroatoms. The van der Waals surface area contributed by atoms with Crippen molar-refractivity contribution in [2.24, 2.45) is 0 Å². The van der Waals surface area contributed by atoms with Crippen molar-refractivity contribution in [3.05, 3.63) is 0 Å². The number of nitrogens with one attached hydrogen (secondary N) is 1. The summed E-state index contributed by atoms with van der Waals surface area (Å²) in [6.45, 7) is 3.96. The minimum absolute atomic E-state index is 0.0845. The van der Waals surface area contributed by atoms with Crippen molar-refractivity contribution in [1.29, 1.82) is 0 Å². The van der Waals surface area contributed by atoms with Crippen LogP contribution in [-0.4, -0.2) is 30.3 Å². The zero-order chi connectivity index (χ0) is 10.8. The lowest BCUT2D eigenvalue weighted by Gasteiger charge is -2.31. The Bertz CT molecular complexity index is 274. The molecule has 14 heavy (non-hydrogen) atoms. The van der Waals surface area contributed by atoms with Gasteiger partial charge in [0.2, 0.25) is 0 Å². The highest BCUT2D eigenvalue weighted by Gasteiger charge is 2.34. The number of hydrogen-bond donors (Lipinski definition) is 2. The summed E-state index contributed by atoms with van der Waals surface area (Å²) < 4.78 is 31.2. The molecule has 0 aromatic carbocycles. The van der Waals surface area contributed by atoms with Crippen LogP contribution >= 0.6 is 0 Å². The molecule has 0 amide bonds. The molecule has 0 spiro atoms. The van der Waals surface area contributed by atoms with Crippen LogP contribution in [-0.2, 0) is 10.1 Å². The Balaban J connectivity index is 2.69. The van der Waals surface area contributed by atoms with E-state index in [2.05, 4.69) is 5.32 Å². The van der Waals surface area contributed by atoms with E-state index in [1.807, 2.05) is 13.8 Å². The van der Waals surface area contributed by atoms with Gasteiger partial charge in [0.1, 0.15) is 5.25 Å². The predicted molar refractivity (Wildman–Crippen MR) is 55.9 cm³/mol. The summed E-state index contributed by atoms with van der Waals surface area (Å²) in [7, 11) is -3.88. The van der Waals surface area contributed by atoms with Crippen molar-refractivity contribution in [2.45, 2.75) is 56.9 Å². The molecule has 0 aromatic heterocycles. The van der Waals surface area contributed by atoms with Gasteiger partial charge in [-0.15, -0.1) is 0 Å². The number of hydrogen-bond acceptors (Lipinski definition) is 3. The molecule has 0 saturated heterocycles. The van der Waals surface area contributed by atoms with E-state index in [0.29, 0.717) is 6.42 Å². The van der Waals surface area contributed by atoms with Crippen molar-refractivity contribution < 1.29 is 13.0 Å². The van der Waals surface area contributed by atoms with Gasteiger partial charge >= 0.3 is 0 Å². The fourth-order valence-electron chi connectivity index (χ4n) is 2.07. The van der Waals surface area contributed by atoms with Gasteiger partial charge in [-0.1, -0.05) is 26.7 Å². The first kappa shape index (κ1) is 11.9. The van der Waals surface area contributed by atoms with Crippen molar-refractivity contribution in [2.75, 3.05) is 0 Å². The average Bonchev–Trinajstić information content (AvgIpc) is 2.01. The molecule has 0 aromatic rings. The summed E-state index contributed by atoms with van der Waals surface area (Å²) in [6, 6.07) is 0.168. The van der Waals surface area contributed by atoms with Crippen LogP contribution in [0.25, 0.3) is 0 Å². The second-order valence-corrected chi connectivity index (χ2v) is 5.90. The summed E-state index contributed by atoms with van der Waals surface area (Å²) in [6.07, 6.45) is 3.34. The lowest BCUT2D eigenvalue weighted by molar-refractivity contribution is 0.334. The molecule has 2 N–H and O–H groups in total. The van der Waals surface area contributed by atoms with Gasteiger partial charge in [-0.2, -0.15) is 8.42 Å². The van der Waals surface area contributed by atoms with Crippen LogP contribution in [0.15, 0.2) is 0 Å². The van der Waals surface area contributed by atoms with Crippen molar-refractivity contribution in [3.63, 3.8) is 0 Å². The highest BCUT2D eigenvalue weighted by Crippen LogP contribution is 2.24. The molecule has 0 aliphatic heterocycles. The van der Waals surface area contributed by atoms with Gasteiger partial charge in [0.05, 0.1) is 0 Å². The van der Waals surface area contributed by atoms with Crippen LogP contribution in [0.3, 0.4) is 0 Å². The van der Waals surface area contributed by atoms with Gasteiger partial charge in [0.25, 0.3) is 10.1 Å². The average molecular weight is 221 g/mol. The highest BCUT2D eigenvalue weighted by atomic mass is 32.2. The van der Waals surface area contributed by atoms with Crippen LogP contribution in [0, 0.1) is 0 Å². The zero-order valence-corrected chi connectivity index (χ0v) is 9.55. The summed E-state index contributed by atoms with van der Waals surface area (Å²) in [5.41, 5.74) is 0. The molecule has 1 saturated carbocycles. The van der Waals surface area contributed by atoms with E-state index >= 15 is 0 Å². The predicted octanol–water partition coefficient (Wildman–Crippen LogP) is 1.18. The first-order chi connectivity index (χ1) is 6.41. The number of rotatable bonds is 3. The lowest BCUT2D eigenvalue weighted by Crippen LogP contribution is -2.48. The van der Waals surface area contributed by atoms with E-state index in [0.717, 1.165) is 19.3 Å². The van der Waals surface area contributed by atoms with Gasteiger partial charge < -0.3 is 5.32 Å². The summed E-state index contributed by atoms with van der Waals surface area (Å²) in [5, 5.41) is 2.59. The molecule has 1 aliphatic rings. The van der Waals surface area contributed by atoms with E-state index in [9.17, 15) is 8.42 Å². The van der Waals surface area contributed by atoms with Crippen LogP contribution < -0.4 is 5.32 Å². The molecule has 0 unspecified atom stereocenters. The van der Waals surface area contributed by atoms with E-state index in [1.54, 1.807) is 0 Å². The van der Waals surface area contributed by atoms with E-state index in [-0.39, 0.29) is 12.1 Å². The maximum atomic E-state index is 11.1. The smallest absolute Gasteiger partial charge is 0.269 e. The Morgan fingerprint density at radius 3 is 2.36 bits per heavy atom. The van der Waals surface area contributed by atoms with Crippen LogP contribution in [0.4, 0.5) is 0 Å². The second kappa shape index (κ2) is 4.59. The summed E-state index contributed by atoms with van der Waals surface area (Å²) in [5.74, 6) is 0. The summed E-state index contributed by atoms with van der Waals surface area (Å²) in [4.78, 5) is 0. The summed E-state index contributed by atoms with van der Waals surface area (Å²) >= 11 is 0. The first-order valence-corrected chi connectivity index (χ1v) is 6.64. The zero-order valence-electron chi connectivity index (χ0n) is 8.73. The van der Waals surface area contributed by atoms with Crippen LogP contribution in [0.5, 0.6) is 0 Å². The van der Waals surface area contributed by atoms with Gasteiger partial charge in [-0.05, 0) is 12.8 Å². The largest absolute Gasteiger partial charge is 0.310 e. The molecule has 1 fully saturated rings. The van der Waals surface area contributed by atoms with Crippen LogP contribution in [0.1, 0.15) is 39.5 Å². The minimum Gasteiger partial charge on any atom is -0.310 e. The standard InChI is InChI=1S/C9H19NO3S/c1-7(2)10-8-5-3-4-6-9(8)14(11,12)13/h7-10H,3-6H2,1-2H3,(H,11,12,13)/t8-,9-/m1/s1. The first-order valence-electron chi connectivity index (χ1n) is 5.13. The third kappa shape index (κ3) is 3.22. The Morgan fingerprint density at radius 1 is 1.29 bits per heavy atom. The second-order valence-electron chi connectivity index (χ2n) is 4.27. The lowest BCUT2D eigenvalue weighted by atomic mass is 9.94. The third-order valence-electron chi connectivity index (χ3n) is 2.63. The monoisotopic (exact) mass is 221 g/mol. The van der Waals surface area contributed by atoms with Crippen LogP contribution in [0.2, 0.25) is 0 Å². The maximum absolute atomic E-state index is 11.1. The fraction of sp³-hybridized carbons (Fsp3) is 1.00. The topological polar surface area (TPSA) is 66.4 Å². The Kier molecular flexibility index (Phi) is 3.92. The van der Waals surface area contributed by atoms with Gasteiger partial charge in [-0.3, -0.25) is 4.55 Å². The van der Waals surface area contributed by atoms with Gasteiger partial charge in [0, 0.05) is 12.1 Å². The fourth-order valence-corrected chi connectivity index (χ4v) is 3.17. The molecule has 0 bridgehead atoms. The van der Waals surface area contributed by atoms with E-state index in [1.165, 1.54) is 0 Å². The third-order valence-corrected chi connectivity index (χ3v) is 3.96. The van der Waals surface area contributed by atoms with Crippen molar-refractivity contribution in [1.82, 2.24) is 5.32 Å². The molecule has 4 nitrogen and oxygen atoms in total. The van der Waals surface area contributed by atoms with Gasteiger partial charge in [-0.25, -0.2) is 0 Å². The normalized spacial score (nSPS) is 29.4. The Hall–Kier alpha value is -0.130. The maximum Gasteiger partial charge on any atom is 0.269 e. The van der Waals surface area contributed by atoms with Gasteiger partial charge in [0.15, 0.2) is 0 Å². The van der Waals surface area contributed by atoms with E-state index in [4.69, 9.17) is 4.55 Å². The molecule has 84 valence electrons. The van der Waals surface area contributed by atoms with E-state index < -0.39 is 15.4 Å². The Labute approximate surface area is 85.8 Å². The molecular weight excluding hydrogens is 202 g/mol. The van der Waals surface area contributed by atoms with Crippen molar-refractivity contribution >= 4 is 10.1 Å². The van der Waals surface area contributed by atoms with Crippen molar-refractivity contribution in [3.8, 4) is 0 Å². The molecule has 0 heterocycles. The highest BCUT2D eigenvalue weighted by molar-refractivity contribution is 7.86. The SMILES string of the molecule is CC(C)N[C@@H]1CCCC[C@H]1S(=O)(=O)O. The molecule has 1 aliphatic carbocycles. The molecule has 1 rings (SSSR count). The Morgan fingerprint density at radius 2 is 1.86 bits per heavy atom.